The number of hydrogen-bond donors (Lipinski definition) is 0. The average molecular weight is 1190 g/mol. The van der Waals surface area contributed by atoms with Crippen LogP contribution in [-0.2, 0) is 26.4 Å². The summed E-state index contributed by atoms with van der Waals surface area (Å²) in [7, 11) is -4.49. The van der Waals surface area contributed by atoms with Crippen LogP contribution in [0.3, 0.4) is 0 Å². The molecular weight excluding hydrogens is 1080 g/mol. The summed E-state index contributed by atoms with van der Waals surface area (Å²) in [4.78, 5) is -0.280. The Labute approximate surface area is 522 Å². The fraction of sp³-hybridized carbons (Fsp3) is 0.556. The number of hydrogen-bond acceptors (Lipinski definition) is 3. The van der Waals surface area contributed by atoms with Gasteiger partial charge in [-0.25, -0.2) is 34.8 Å². The van der Waals surface area contributed by atoms with Crippen molar-refractivity contribution in [2.24, 2.45) is 41.4 Å². The van der Waals surface area contributed by atoms with Gasteiger partial charge in [0, 0.05) is 23.7 Å². The standard InChI is InChI=1S/C17H22F2O3S.C17H22F2.C16H22.C9H10.C6H8.3C2H6.CH2F2.Na/c1-3-16(2,11-7-9-12(10-8-11)23(20,21)22)13-5-4-6-14-15(13)17(14,18)19;1-3-16(2,12-8-5-4-6-9-12)13-10-7-11-14-15(13)17(14,18)19;1-3-16(2,14-10-6-4-7-11-14)15-12-8-5-9-13-15;1-8(2)9-6-4-3-5-7-9;1-2-4-6-5-3-1;3*1-2;2-1-3;/h7-10,13-15H,3-6H2,1-2H3,(H,20,21,22);4-6,8-9,13-15H,3,7,10-11H2,1-2H3;4,6-8,10-12,15H,3,5,9,13H2,1-2H3;3-7H,1H2,2H3;1-4H,5-6H2;3*1-2H3;1H2;/q;;;;;;;;;+1/p-1. The van der Waals surface area contributed by atoms with E-state index in [4.69, 9.17) is 0 Å². The zero-order valence-electron chi connectivity index (χ0n) is 53.2. The molecule has 10 atom stereocenters. The van der Waals surface area contributed by atoms with Crippen LogP contribution in [0.1, 0.15) is 202 Å². The summed E-state index contributed by atoms with van der Waals surface area (Å²) >= 11 is 0. The summed E-state index contributed by atoms with van der Waals surface area (Å²) in [6.45, 7) is 29.1. The molecule has 83 heavy (non-hydrogen) atoms. The molecule has 4 aromatic rings. The quantitative estimate of drug-likeness (QED) is 0.0651. The van der Waals surface area contributed by atoms with E-state index in [-0.39, 0.29) is 63.5 Å². The van der Waals surface area contributed by atoms with E-state index in [0.717, 1.165) is 49.7 Å². The first-order valence-electron chi connectivity index (χ1n) is 30.9. The predicted octanol–water partition coefficient (Wildman–Crippen LogP) is 19.3. The number of halogens is 6. The summed E-state index contributed by atoms with van der Waals surface area (Å²) in [6, 6.07) is 37.2. The Balaban J connectivity index is 0.000000523. The minimum Gasteiger partial charge on any atom is -0.744 e. The van der Waals surface area contributed by atoms with Crippen LogP contribution >= 0.6 is 0 Å². The molecular formula is C72H103F6NaO3S. The van der Waals surface area contributed by atoms with Crippen molar-refractivity contribution >= 4 is 15.7 Å². The van der Waals surface area contributed by atoms with Crippen LogP contribution < -0.4 is 29.6 Å². The summed E-state index contributed by atoms with van der Waals surface area (Å²) in [6.07, 6.45) is 27.4. The van der Waals surface area contributed by atoms with Crippen molar-refractivity contribution in [3.8, 4) is 0 Å². The monoisotopic (exact) mass is 1180 g/mol. The number of rotatable bonds is 11. The number of benzene rings is 4. The van der Waals surface area contributed by atoms with Crippen LogP contribution in [0, 0.1) is 41.4 Å². The molecule has 0 spiro atoms. The van der Waals surface area contributed by atoms with Crippen molar-refractivity contribution in [3.63, 3.8) is 0 Å². The smallest absolute Gasteiger partial charge is 0.744 e. The van der Waals surface area contributed by atoms with Gasteiger partial charge in [0.2, 0.25) is 6.93 Å². The summed E-state index contributed by atoms with van der Waals surface area (Å²) in [5, 5.41) is 0. The van der Waals surface area contributed by atoms with Gasteiger partial charge >= 0.3 is 29.6 Å². The van der Waals surface area contributed by atoms with Crippen LogP contribution in [-0.4, -0.2) is 31.7 Å². The third-order valence-electron chi connectivity index (χ3n) is 18.2. The number of alkyl halides is 6. The van der Waals surface area contributed by atoms with Crippen LogP contribution in [0.5, 0.6) is 0 Å². The molecule has 0 radical (unpaired) electrons. The van der Waals surface area contributed by atoms with E-state index in [9.17, 15) is 39.3 Å². The van der Waals surface area contributed by atoms with Crippen LogP contribution in [0.15, 0.2) is 163 Å². The van der Waals surface area contributed by atoms with Crippen LogP contribution in [0.2, 0.25) is 0 Å². The molecule has 3 nitrogen and oxygen atoms in total. The molecule has 4 aromatic carbocycles. The Morgan fingerprint density at radius 3 is 1.20 bits per heavy atom. The van der Waals surface area contributed by atoms with Gasteiger partial charge in [-0.2, -0.15) is 0 Å². The first-order chi connectivity index (χ1) is 39.1. The second kappa shape index (κ2) is 37.8. The van der Waals surface area contributed by atoms with Gasteiger partial charge in [0.15, 0.2) is 0 Å². The minimum absolute atomic E-state index is 0. The van der Waals surface area contributed by atoms with Gasteiger partial charge < -0.3 is 4.55 Å². The van der Waals surface area contributed by atoms with Gasteiger partial charge in [-0.3, -0.25) is 0 Å². The third kappa shape index (κ3) is 21.0. The molecule has 0 aliphatic heterocycles. The first-order valence-corrected chi connectivity index (χ1v) is 32.3. The zero-order chi connectivity index (χ0) is 61.8. The Morgan fingerprint density at radius 1 is 0.542 bits per heavy atom. The molecule has 0 amide bonds. The Kier molecular flexibility index (Phi) is 35.2. The average Bonchev–Trinajstić information content (AvgIpc) is 4.42. The van der Waals surface area contributed by atoms with Crippen molar-refractivity contribution in [3.05, 3.63) is 181 Å². The summed E-state index contributed by atoms with van der Waals surface area (Å²) < 4.78 is 108. The van der Waals surface area contributed by atoms with E-state index in [2.05, 4.69) is 125 Å². The van der Waals surface area contributed by atoms with Crippen molar-refractivity contribution < 1.29 is 68.9 Å². The molecule has 10 unspecified atom stereocenters. The number of fused-ring (bicyclic) bond motifs is 2. The topological polar surface area (TPSA) is 57.2 Å². The minimum atomic E-state index is -4.49. The van der Waals surface area contributed by atoms with E-state index in [1.807, 2.05) is 98.7 Å². The third-order valence-corrected chi connectivity index (χ3v) is 19.0. The molecule has 0 saturated heterocycles. The largest absolute Gasteiger partial charge is 1.00 e. The summed E-state index contributed by atoms with van der Waals surface area (Å²) in [5.41, 5.74) is 5.67. The van der Waals surface area contributed by atoms with Crippen LogP contribution in [0.4, 0.5) is 26.3 Å². The van der Waals surface area contributed by atoms with Gasteiger partial charge in [0.05, 0.1) is 4.90 Å². The fourth-order valence-electron chi connectivity index (χ4n) is 12.9. The number of allylic oxidation sites excluding steroid dienone is 7. The second-order valence-corrected chi connectivity index (χ2v) is 23.7. The molecule has 11 heteroatoms. The fourth-order valence-corrected chi connectivity index (χ4v) is 13.3. The Morgan fingerprint density at radius 2 is 0.904 bits per heavy atom. The molecule has 0 bridgehead atoms. The second-order valence-electron chi connectivity index (χ2n) is 22.4. The molecule has 0 heterocycles. The molecule has 10 rings (SSSR count). The van der Waals surface area contributed by atoms with E-state index < -0.39 is 46.1 Å². The van der Waals surface area contributed by atoms with Crippen molar-refractivity contribution in [1.29, 1.82) is 0 Å². The molecule has 6 aliphatic carbocycles. The van der Waals surface area contributed by atoms with Crippen LogP contribution in [0.25, 0.3) is 5.57 Å². The van der Waals surface area contributed by atoms with E-state index >= 15 is 0 Å². The van der Waals surface area contributed by atoms with Crippen molar-refractivity contribution in [2.75, 3.05) is 6.93 Å². The van der Waals surface area contributed by atoms with Crippen molar-refractivity contribution in [1.82, 2.24) is 0 Å². The van der Waals surface area contributed by atoms with Gasteiger partial charge in [0.25, 0.3) is 11.8 Å². The zero-order valence-corrected chi connectivity index (χ0v) is 56.0. The van der Waals surface area contributed by atoms with E-state index in [1.54, 1.807) is 12.1 Å². The molecule has 458 valence electrons. The molecule has 6 aliphatic rings. The first kappa shape index (κ1) is 77.3. The van der Waals surface area contributed by atoms with E-state index in [0.29, 0.717) is 24.2 Å². The molecule has 0 aromatic heterocycles. The Bertz CT molecular complexity index is 2580. The van der Waals surface area contributed by atoms with Crippen molar-refractivity contribution in [2.45, 2.75) is 213 Å². The summed E-state index contributed by atoms with van der Waals surface area (Å²) in [5.74, 6) is -5.98. The maximum atomic E-state index is 14.0. The van der Waals surface area contributed by atoms with Gasteiger partial charge in [-0.1, -0.05) is 248 Å². The molecule has 4 fully saturated rings. The van der Waals surface area contributed by atoms with E-state index in [1.165, 1.54) is 67.3 Å². The molecule has 4 saturated carbocycles. The Hall–Kier alpha value is -3.67. The maximum Gasteiger partial charge on any atom is 1.00 e. The SMILES string of the molecule is C1=CCCC=C1.C=C(C)c1ccccc1.CC.CC.CC.CCC(C)(c1ccc(S(=O)(=O)[O-])cc1)C1CCCC2C1C2(F)F.CCC(C)(c1ccccc1)C1C=CCCC1.CCC(C)(c1ccccc1)C1CCCC2C1C2(F)F.FCF.[Na+]. The van der Waals surface area contributed by atoms with Gasteiger partial charge in [0.1, 0.15) is 10.1 Å². The maximum absolute atomic E-state index is 14.0. The van der Waals surface area contributed by atoms with Gasteiger partial charge in [-0.15, -0.1) is 0 Å². The van der Waals surface area contributed by atoms with Gasteiger partial charge in [-0.05, 0) is 152 Å². The predicted molar refractivity (Wildman–Crippen MR) is 335 cm³/mol. The molecule has 0 N–H and O–H groups in total. The normalized spacial score (nSPS) is 24.3.